The molecular formula is C24H17N4+. The van der Waals surface area contributed by atoms with E-state index in [2.05, 4.69) is 94.2 Å². The fraction of sp³-hybridized carbons (Fsp3) is 0.0833. The Balaban J connectivity index is 1.98. The Morgan fingerprint density at radius 3 is 2.57 bits per heavy atom. The van der Waals surface area contributed by atoms with Crippen molar-refractivity contribution in [2.24, 2.45) is 7.05 Å². The van der Waals surface area contributed by atoms with Crippen LogP contribution in [-0.2, 0) is 7.05 Å². The molecule has 0 aliphatic heterocycles. The van der Waals surface area contributed by atoms with E-state index in [1.165, 1.54) is 43.8 Å². The number of pyridine rings is 2. The molecule has 3 aromatic carbocycles. The number of rotatable bonds is 0. The van der Waals surface area contributed by atoms with Crippen molar-refractivity contribution >= 4 is 55.0 Å². The normalized spacial score (nSPS) is 12.6. The van der Waals surface area contributed by atoms with Crippen LogP contribution < -0.4 is 4.57 Å². The molecule has 0 saturated carbocycles. The summed E-state index contributed by atoms with van der Waals surface area (Å²) in [5.74, 6) is 0.979. The van der Waals surface area contributed by atoms with Crippen molar-refractivity contribution in [1.29, 1.82) is 0 Å². The van der Waals surface area contributed by atoms with E-state index >= 15 is 0 Å². The molecule has 0 aliphatic carbocycles. The Morgan fingerprint density at radius 1 is 0.786 bits per heavy atom. The number of hydrogen-bond acceptors (Lipinski definition) is 1. The Bertz CT molecular complexity index is 1730. The highest BCUT2D eigenvalue weighted by Crippen LogP contribution is 2.38. The number of imidazole rings is 2. The summed E-state index contributed by atoms with van der Waals surface area (Å²) >= 11 is 0. The molecule has 7 rings (SSSR count). The molecule has 7 aromatic rings. The van der Waals surface area contributed by atoms with Gasteiger partial charge in [0.15, 0.2) is 6.20 Å². The lowest BCUT2D eigenvalue weighted by Gasteiger charge is -2.11. The average Bonchev–Trinajstić information content (AvgIpc) is 3.24. The topological polar surface area (TPSA) is 25.6 Å². The van der Waals surface area contributed by atoms with Crippen molar-refractivity contribution in [3.8, 4) is 0 Å². The number of fused-ring (bicyclic) bond motifs is 7. The molecule has 0 atom stereocenters. The van der Waals surface area contributed by atoms with Crippen molar-refractivity contribution in [2.45, 2.75) is 6.92 Å². The second-order valence-electron chi connectivity index (χ2n) is 7.71. The third-order valence-corrected chi connectivity index (χ3v) is 6.19. The summed E-state index contributed by atoms with van der Waals surface area (Å²) in [5.41, 5.74) is 8.41. The van der Waals surface area contributed by atoms with Crippen LogP contribution in [0.15, 0.2) is 66.9 Å². The summed E-state index contributed by atoms with van der Waals surface area (Å²) in [6, 6.07) is 21.6. The average molecular weight is 361 g/mol. The highest BCUT2D eigenvalue weighted by molar-refractivity contribution is 6.20. The fourth-order valence-electron chi connectivity index (χ4n) is 5.00. The molecule has 4 aromatic heterocycles. The standard InChI is InChI=1S/C24H17N4/c1-14-10-11-19-22-20(14)23-21-15(12-13-26(23)2)6-5-9-18(21)28(22)24-25-16-7-3-4-8-17(16)27(19)24/h3-13H,1-2H3/q+1. The van der Waals surface area contributed by atoms with Gasteiger partial charge in [-0.1, -0.05) is 30.3 Å². The minimum absolute atomic E-state index is 0.979. The van der Waals surface area contributed by atoms with Gasteiger partial charge in [-0.3, -0.25) is 8.80 Å². The smallest absolute Gasteiger partial charge is 0.224 e. The molecule has 0 fully saturated rings. The van der Waals surface area contributed by atoms with Crippen molar-refractivity contribution in [3.05, 3.63) is 72.4 Å². The monoisotopic (exact) mass is 361 g/mol. The maximum absolute atomic E-state index is 5.03. The lowest BCUT2D eigenvalue weighted by Crippen LogP contribution is -2.28. The minimum atomic E-state index is 0.979. The first-order valence-electron chi connectivity index (χ1n) is 9.57. The summed E-state index contributed by atoms with van der Waals surface area (Å²) in [6.07, 6.45) is 2.17. The fourth-order valence-corrected chi connectivity index (χ4v) is 5.00. The molecule has 4 heteroatoms. The number of aromatic nitrogens is 4. The molecule has 28 heavy (non-hydrogen) atoms. The van der Waals surface area contributed by atoms with Crippen LogP contribution in [0.4, 0.5) is 0 Å². The van der Waals surface area contributed by atoms with E-state index in [1.807, 2.05) is 0 Å². The van der Waals surface area contributed by atoms with Crippen molar-refractivity contribution in [1.82, 2.24) is 13.8 Å². The molecular weight excluding hydrogens is 344 g/mol. The maximum Gasteiger partial charge on any atom is 0.224 e. The van der Waals surface area contributed by atoms with Crippen LogP contribution in [0.5, 0.6) is 0 Å². The van der Waals surface area contributed by atoms with E-state index in [-0.39, 0.29) is 0 Å². The Labute approximate surface area is 160 Å². The molecule has 132 valence electrons. The van der Waals surface area contributed by atoms with Gasteiger partial charge in [0.1, 0.15) is 7.05 Å². The highest BCUT2D eigenvalue weighted by atomic mass is 15.2. The number of benzene rings is 3. The van der Waals surface area contributed by atoms with Gasteiger partial charge in [0.05, 0.1) is 38.4 Å². The van der Waals surface area contributed by atoms with Crippen molar-refractivity contribution in [3.63, 3.8) is 0 Å². The van der Waals surface area contributed by atoms with Gasteiger partial charge in [0, 0.05) is 6.07 Å². The van der Waals surface area contributed by atoms with Crippen LogP contribution in [0.25, 0.3) is 55.0 Å². The van der Waals surface area contributed by atoms with Gasteiger partial charge >= 0.3 is 0 Å². The van der Waals surface area contributed by atoms with E-state index in [0.29, 0.717) is 0 Å². The first kappa shape index (κ1) is 14.4. The van der Waals surface area contributed by atoms with Gasteiger partial charge in [-0.25, -0.2) is 9.55 Å². The van der Waals surface area contributed by atoms with E-state index in [1.54, 1.807) is 0 Å². The van der Waals surface area contributed by atoms with Crippen LogP contribution >= 0.6 is 0 Å². The van der Waals surface area contributed by atoms with Gasteiger partial charge < -0.3 is 0 Å². The van der Waals surface area contributed by atoms with Gasteiger partial charge in [0.25, 0.3) is 0 Å². The SMILES string of the molecule is Cc1ccc2c3c1c1c4c(cccc4n3c3nc4ccccc4n23)cc[n+]1C. The van der Waals surface area contributed by atoms with Gasteiger partial charge in [-0.15, -0.1) is 0 Å². The Hall–Kier alpha value is -3.66. The Kier molecular flexibility index (Phi) is 2.36. The van der Waals surface area contributed by atoms with Crippen LogP contribution in [0.1, 0.15) is 5.56 Å². The second kappa shape index (κ2) is 4.60. The lowest BCUT2D eigenvalue weighted by atomic mass is 10.0. The van der Waals surface area contributed by atoms with E-state index in [9.17, 15) is 0 Å². The van der Waals surface area contributed by atoms with Gasteiger partial charge in [-0.2, -0.15) is 0 Å². The van der Waals surface area contributed by atoms with Crippen LogP contribution in [-0.4, -0.2) is 13.8 Å². The summed E-state index contributed by atoms with van der Waals surface area (Å²) in [7, 11) is 2.14. The molecule has 0 spiro atoms. The summed E-state index contributed by atoms with van der Waals surface area (Å²) in [6.45, 7) is 2.21. The first-order valence-corrected chi connectivity index (χ1v) is 9.57. The number of para-hydroxylation sites is 2. The zero-order valence-electron chi connectivity index (χ0n) is 15.6. The predicted molar refractivity (Wildman–Crippen MR) is 113 cm³/mol. The van der Waals surface area contributed by atoms with E-state index < -0.39 is 0 Å². The molecule has 0 amide bonds. The van der Waals surface area contributed by atoms with E-state index in [0.717, 1.165) is 16.8 Å². The Morgan fingerprint density at radius 2 is 1.64 bits per heavy atom. The predicted octanol–water partition coefficient (Wildman–Crippen LogP) is 4.77. The largest absolute Gasteiger partial charge is 0.276 e. The van der Waals surface area contributed by atoms with Crippen LogP contribution in [0, 0.1) is 6.92 Å². The maximum atomic E-state index is 5.03. The second-order valence-corrected chi connectivity index (χ2v) is 7.71. The first-order chi connectivity index (χ1) is 13.7. The molecule has 4 nitrogen and oxygen atoms in total. The lowest BCUT2D eigenvalue weighted by molar-refractivity contribution is -0.643. The molecule has 0 unspecified atom stereocenters. The van der Waals surface area contributed by atoms with Gasteiger partial charge in [0.2, 0.25) is 11.3 Å². The zero-order valence-corrected chi connectivity index (χ0v) is 15.6. The highest BCUT2D eigenvalue weighted by Gasteiger charge is 2.25. The summed E-state index contributed by atoms with van der Waals surface area (Å²) < 4.78 is 6.91. The molecule has 0 radical (unpaired) electrons. The van der Waals surface area contributed by atoms with Crippen LogP contribution in [0.2, 0.25) is 0 Å². The van der Waals surface area contributed by atoms with Gasteiger partial charge in [-0.05, 0) is 42.1 Å². The molecule has 0 saturated heterocycles. The quantitative estimate of drug-likeness (QED) is 0.217. The van der Waals surface area contributed by atoms with Crippen LogP contribution in [0.3, 0.4) is 0 Å². The summed E-state index contributed by atoms with van der Waals surface area (Å²) in [5, 5.41) is 3.86. The number of aryl methyl sites for hydroxylation is 2. The van der Waals surface area contributed by atoms with Crippen molar-refractivity contribution < 1.29 is 4.57 Å². The summed E-state index contributed by atoms with van der Waals surface area (Å²) in [4.78, 5) is 5.03. The van der Waals surface area contributed by atoms with Crippen molar-refractivity contribution in [2.75, 3.05) is 0 Å². The molecule has 0 N–H and O–H groups in total. The third kappa shape index (κ3) is 1.46. The molecule has 0 bridgehead atoms. The number of nitrogens with zero attached hydrogens (tertiary/aromatic N) is 4. The molecule has 0 aliphatic rings. The zero-order chi connectivity index (χ0) is 18.6. The minimum Gasteiger partial charge on any atom is -0.276 e. The third-order valence-electron chi connectivity index (χ3n) is 6.19. The molecule has 4 heterocycles. The van der Waals surface area contributed by atoms with E-state index in [4.69, 9.17) is 4.98 Å². The number of hydrogen-bond donors (Lipinski definition) is 0.